The fourth-order valence-corrected chi connectivity index (χ4v) is 1.60. The maximum atomic E-state index is 13.5. The molecule has 1 N–H and O–H groups in total. The molecule has 5 heteroatoms. The molecule has 2 atom stereocenters. The number of halogens is 1. The maximum Gasteiger partial charge on any atom is 0.410 e. The molecular formula is C11H19FN2O2. The van der Waals surface area contributed by atoms with Gasteiger partial charge in [-0.25, -0.2) is 9.18 Å². The van der Waals surface area contributed by atoms with Gasteiger partial charge in [0.15, 0.2) is 0 Å². The third kappa shape index (κ3) is 3.47. The minimum atomic E-state index is -1.15. The van der Waals surface area contributed by atoms with E-state index in [0.717, 1.165) is 6.21 Å². The number of amides is 1. The Labute approximate surface area is 95.3 Å². The third-order valence-electron chi connectivity index (χ3n) is 2.46. The van der Waals surface area contributed by atoms with Crippen LogP contribution in [0.25, 0.3) is 0 Å². The Kier molecular flexibility index (Phi) is 3.88. The first-order chi connectivity index (χ1) is 7.33. The molecule has 4 nitrogen and oxygen atoms in total. The van der Waals surface area contributed by atoms with E-state index in [-0.39, 0.29) is 12.5 Å². The van der Waals surface area contributed by atoms with E-state index in [1.807, 2.05) is 0 Å². The van der Waals surface area contributed by atoms with Gasteiger partial charge in [-0.05, 0) is 27.2 Å². The predicted octanol–water partition coefficient (Wildman–Crippen LogP) is 2.23. The Morgan fingerprint density at radius 3 is 2.62 bits per heavy atom. The van der Waals surface area contributed by atoms with Crippen LogP contribution < -0.4 is 0 Å². The molecule has 0 aliphatic carbocycles. The molecule has 1 amide bonds. The molecule has 0 saturated carbocycles. The molecule has 1 heterocycles. The molecule has 0 bridgehead atoms. The van der Waals surface area contributed by atoms with Gasteiger partial charge in [0.1, 0.15) is 11.8 Å². The Hall–Kier alpha value is -1.13. The van der Waals surface area contributed by atoms with E-state index in [2.05, 4.69) is 0 Å². The maximum absolute atomic E-state index is 13.5. The lowest BCUT2D eigenvalue weighted by Crippen LogP contribution is -2.47. The highest BCUT2D eigenvalue weighted by Gasteiger charge is 2.32. The number of piperidine rings is 1. The summed E-state index contributed by atoms with van der Waals surface area (Å²) in [6, 6.07) is 0. The highest BCUT2D eigenvalue weighted by molar-refractivity contribution is 5.69. The van der Waals surface area contributed by atoms with Gasteiger partial charge in [0.05, 0.1) is 6.54 Å². The van der Waals surface area contributed by atoms with Gasteiger partial charge >= 0.3 is 6.09 Å². The number of carbonyl (C=O) groups excluding carboxylic acids is 1. The zero-order chi connectivity index (χ0) is 12.3. The molecule has 0 aromatic carbocycles. The van der Waals surface area contributed by atoms with E-state index in [9.17, 15) is 9.18 Å². The summed E-state index contributed by atoms with van der Waals surface area (Å²) in [4.78, 5) is 13.0. The van der Waals surface area contributed by atoms with Crippen molar-refractivity contribution in [1.82, 2.24) is 4.90 Å². The average Bonchev–Trinajstić information content (AvgIpc) is 2.15. The molecule has 0 aromatic heterocycles. The van der Waals surface area contributed by atoms with Crippen LogP contribution in [0.4, 0.5) is 9.18 Å². The second-order valence-corrected chi connectivity index (χ2v) is 5.06. The number of nitrogens with one attached hydrogen (secondary N) is 1. The van der Waals surface area contributed by atoms with Crippen LogP contribution in [0.15, 0.2) is 0 Å². The van der Waals surface area contributed by atoms with Gasteiger partial charge in [-0.15, -0.1) is 0 Å². The second kappa shape index (κ2) is 4.80. The smallest absolute Gasteiger partial charge is 0.410 e. The lowest BCUT2D eigenvalue weighted by molar-refractivity contribution is 0.0106. The quantitative estimate of drug-likeness (QED) is 0.702. The monoisotopic (exact) mass is 230 g/mol. The van der Waals surface area contributed by atoms with Crippen LogP contribution in [0, 0.1) is 11.3 Å². The Bertz CT molecular complexity index is 276. The van der Waals surface area contributed by atoms with Crippen LogP contribution in [-0.2, 0) is 4.74 Å². The SMILES string of the molecule is CC(C)(C)OC(=O)N1CC[C@H](C=N)[C@@H](F)C1. The zero-order valence-corrected chi connectivity index (χ0v) is 10.00. The van der Waals surface area contributed by atoms with E-state index in [1.165, 1.54) is 4.90 Å². The molecule has 1 saturated heterocycles. The first-order valence-electron chi connectivity index (χ1n) is 5.46. The molecular weight excluding hydrogens is 211 g/mol. The topological polar surface area (TPSA) is 53.4 Å². The van der Waals surface area contributed by atoms with Crippen LogP contribution in [0.2, 0.25) is 0 Å². The van der Waals surface area contributed by atoms with E-state index in [0.29, 0.717) is 13.0 Å². The van der Waals surface area contributed by atoms with Gasteiger partial charge in [0.2, 0.25) is 0 Å². The largest absolute Gasteiger partial charge is 0.444 e. The lowest BCUT2D eigenvalue weighted by Gasteiger charge is -2.34. The molecule has 0 unspecified atom stereocenters. The Balaban J connectivity index is 2.51. The molecule has 1 aliphatic rings. The first kappa shape index (κ1) is 12.9. The van der Waals surface area contributed by atoms with Crippen LogP contribution in [0.1, 0.15) is 27.2 Å². The highest BCUT2D eigenvalue weighted by atomic mass is 19.1. The summed E-state index contributed by atoms with van der Waals surface area (Å²) in [7, 11) is 0. The van der Waals surface area contributed by atoms with Crippen molar-refractivity contribution in [2.75, 3.05) is 13.1 Å². The normalized spacial score (nSPS) is 26.4. The van der Waals surface area contributed by atoms with Crippen molar-refractivity contribution >= 4 is 12.3 Å². The fourth-order valence-electron chi connectivity index (χ4n) is 1.60. The molecule has 0 radical (unpaired) electrons. The fraction of sp³-hybridized carbons (Fsp3) is 0.818. The number of carbonyl (C=O) groups is 1. The van der Waals surface area contributed by atoms with E-state index < -0.39 is 17.9 Å². The zero-order valence-electron chi connectivity index (χ0n) is 10.00. The second-order valence-electron chi connectivity index (χ2n) is 5.06. The van der Waals surface area contributed by atoms with E-state index in [1.54, 1.807) is 20.8 Å². The summed E-state index contributed by atoms with van der Waals surface area (Å²) >= 11 is 0. The summed E-state index contributed by atoms with van der Waals surface area (Å²) in [6.45, 7) is 5.82. The van der Waals surface area contributed by atoms with Gasteiger partial charge in [0, 0.05) is 18.7 Å². The van der Waals surface area contributed by atoms with Crippen LogP contribution in [-0.4, -0.2) is 42.1 Å². The standard InChI is InChI=1S/C11H19FN2O2/c1-11(2,3)16-10(15)14-5-4-8(6-13)9(12)7-14/h6,8-9,13H,4-5,7H2,1-3H3/t8-,9+/m1/s1. The molecule has 92 valence electrons. The van der Waals surface area contributed by atoms with Crippen LogP contribution in [0.3, 0.4) is 0 Å². The average molecular weight is 230 g/mol. The van der Waals surface area contributed by atoms with Crippen molar-refractivity contribution in [2.45, 2.75) is 39.0 Å². The molecule has 1 aliphatic heterocycles. The van der Waals surface area contributed by atoms with Gasteiger partial charge in [0.25, 0.3) is 0 Å². The number of likely N-dealkylation sites (tertiary alicyclic amines) is 1. The third-order valence-corrected chi connectivity index (χ3v) is 2.46. The predicted molar refractivity (Wildman–Crippen MR) is 59.6 cm³/mol. The summed E-state index contributed by atoms with van der Waals surface area (Å²) in [6.07, 6.45) is -0.0153. The van der Waals surface area contributed by atoms with Crippen molar-refractivity contribution in [3.63, 3.8) is 0 Å². The molecule has 0 spiro atoms. The number of alkyl halides is 1. The number of nitrogens with zero attached hydrogens (tertiary/aromatic N) is 1. The van der Waals surface area contributed by atoms with Crippen molar-refractivity contribution in [1.29, 1.82) is 5.41 Å². The number of rotatable bonds is 1. The molecule has 0 aromatic rings. The molecule has 1 fully saturated rings. The van der Waals surface area contributed by atoms with Crippen LogP contribution >= 0.6 is 0 Å². The molecule has 1 rings (SSSR count). The van der Waals surface area contributed by atoms with Gasteiger partial charge < -0.3 is 15.0 Å². The van der Waals surface area contributed by atoms with Gasteiger partial charge in [-0.3, -0.25) is 0 Å². The van der Waals surface area contributed by atoms with Gasteiger partial charge in [-0.2, -0.15) is 0 Å². The van der Waals surface area contributed by atoms with Crippen molar-refractivity contribution in [3.05, 3.63) is 0 Å². The van der Waals surface area contributed by atoms with Crippen molar-refractivity contribution in [2.24, 2.45) is 5.92 Å². The van der Waals surface area contributed by atoms with E-state index in [4.69, 9.17) is 10.1 Å². The highest BCUT2D eigenvalue weighted by Crippen LogP contribution is 2.20. The Morgan fingerprint density at radius 2 is 2.19 bits per heavy atom. The number of ether oxygens (including phenoxy) is 1. The van der Waals surface area contributed by atoms with Crippen LogP contribution in [0.5, 0.6) is 0 Å². The van der Waals surface area contributed by atoms with Crippen molar-refractivity contribution in [3.8, 4) is 0 Å². The summed E-state index contributed by atoms with van der Waals surface area (Å²) in [5.41, 5.74) is -0.554. The Morgan fingerprint density at radius 1 is 1.56 bits per heavy atom. The van der Waals surface area contributed by atoms with Crippen molar-refractivity contribution < 1.29 is 13.9 Å². The molecule has 16 heavy (non-hydrogen) atoms. The van der Waals surface area contributed by atoms with E-state index >= 15 is 0 Å². The number of hydrogen-bond acceptors (Lipinski definition) is 3. The summed E-state index contributed by atoms with van der Waals surface area (Å²) < 4.78 is 18.6. The minimum absolute atomic E-state index is 0.0228. The summed E-state index contributed by atoms with van der Waals surface area (Å²) in [5, 5.41) is 7.05. The lowest BCUT2D eigenvalue weighted by atomic mass is 9.96. The van der Waals surface area contributed by atoms with Gasteiger partial charge in [-0.1, -0.05) is 0 Å². The first-order valence-corrected chi connectivity index (χ1v) is 5.46. The summed E-state index contributed by atoms with van der Waals surface area (Å²) in [5.74, 6) is -0.362. The number of hydrogen-bond donors (Lipinski definition) is 1. The minimum Gasteiger partial charge on any atom is -0.444 e.